The third kappa shape index (κ3) is 3.21. The molecule has 0 saturated heterocycles. The van der Waals surface area contributed by atoms with Gasteiger partial charge in [0.25, 0.3) is 10.1 Å². The summed E-state index contributed by atoms with van der Waals surface area (Å²) in [5, 5.41) is 0. The van der Waals surface area contributed by atoms with Crippen LogP contribution in [-0.2, 0) is 14.3 Å². The van der Waals surface area contributed by atoms with Crippen molar-refractivity contribution in [3.8, 4) is 0 Å². The Labute approximate surface area is 172 Å². The van der Waals surface area contributed by atoms with Crippen LogP contribution in [0.3, 0.4) is 0 Å². The van der Waals surface area contributed by atoms with E-state index >= 15 is 0 Å². The van der Waals surface area contributed by atoms with Gasteiger partial charge in [0.1, 0.15) is 0 Å². The zero-order chi connectivity index (χ0) is 20.0. The molecule has 1 atom stereocenters. The van der Waals surface area contributed by atoms with Gasteiger partial charge in [-0.3, -0.25) is 4.18 Å². The van der Waals surface area contributed by atoms with Crippen molar-refractivity contribution in [2.24, 2.45) is 5.92 Å². The van der Waals surface area contributed by atoms with E-state index in [0.29, 0.717) is 17.8 Å². The number of rotatable bonds is 5. The lowest BCUT2D eigenvalue weighted by atomic mass is 9.58. The molecule has 0 unspecified atom stereocenters. The highest BCUT2D eigenvalue weighted by Crippen LogP contribution is 2.56. The average molecular weight is 405 g/mol. The molecule has 0 radical (unpaired) electrons. The van der Waals surface area contributed by atoms with Crippen molar-refractivity contribution < 1.29 is 12.6 Å². The first kappa shape index (κ1) is 18.6. The normalized spacial score (nSPS) is 22.2. The molecule has 0 saturated carbocycles. The topological polar surface area (TPSA) is 43.4 Å². The van der Waals surface area contributed by atoms with Crippen LogP contribution in [0.15, 0.2) is 77.7 Å². The first-order valence-corrected chi connectivity index (χ1v) is 11.6. The minimum Gasteiger partial charge on any atom is -0.266 e. The second-order valence-corrected chi connectivity index (χ2v) is 9.78. The summed E-state index contributed by atoms with van der Waals surface area (Å²) in [7, 11) is -3.71. The molecule has 29 heavy (non-hydrogen) atoms. The number of fused-ring (bicyclic) bond motifs is 1. The lowest BCUT2D eigenvalue weighted by Gasteiger charge is -2.45. The minimum absolute atomic E-state index is 0.217. The zero-order valence-electron chi connectivity index (χ0n) is 16.4. The molecule has 0 fully saturated rings. The molecule has 148 valence electrons. The molecule has 6 rings (SSSR count). The molecule has 0 amide bonds. The Morgan fingerprint density at radius 1 is 0.828 bits per heavy atom. The van der Waals surface area contributed by atoms with E-state index in [1.807, 2.05) is 6.92 Å². The van der Waals surface area contributed by atoms with Crippen LogP contribution in [0.1, 0.15) is 52.5 Å². The first-order chi connectivity index (χ1) is 14.0. The molecular weight excluding hydrogens is 380 g/mol. The summed E-state index contributed by atoms with van der Waals surface area (Å²) in [6.45, 7) is 2.15. The lowest BCUT2D eigenvalue weighted by Crippen LogP contribution is -2.32. The van der Waals surface area contributed by atoms with Gasteiger partial charge in [0, 0.05) is 11.8 Å². The number of hydrogen-bond donors (Lipinski definition) is 0. The van der Waals surface area contributed by atoms with Crippen molar-refractivity contribution in [3.63, 3.8) is 0 Å². The van der Waals surface area contributed by atoms with Gasteiger partial charge >= 0.3 is 0 Å². The zero-order valence-corrected chi connectivity index (χ0v) is 17.2. The Bertz CT molecular complexity index is 1100. The number of aryl methyl sites for hydroxylation is 1. The number of hydrogen-bond acceptors (Lipinski definition) is 3. The quantitative estimate of drug-likeness (QED) is 0.536. The van der Waals surface area contributed by atoms with Crippen molar-refractivity contribution in [2.75, 3.05) is 6.61 Å². The van der Waals surface area contributed by atoms with E-state index in [9.17, 15) is 8.42 Å². The van der Waals surface area contributed by atoms with Gasteiger partial charge in [-0.15, -0.1) is 0 Å². The van der Waals surface area contributed by atoms with E-state index in [4.69, 9.17) is 4.18 Å². The Balaban J connectivity index is 1.36. The van der Waals surface area contributed by atoms with Crippen LogP contribution in [0, 0.1) is 12.8 Å². The Morgan fingerprint density at radius 2 is 1.38 bits per heavy atom. The predicted octanol–water partition coefficient (Wildman–Crippen LogP) is 5.39. The fraction of sp³-hybridized carbons (Fsp3) is 0.280. The van der Waals surface area contributed by atoms with Crippen molar-refractivity contribution in [2.45, 2.75) is 36.5 Å². The van der Waals surface area contributed by atoms with Crippen molar-refractivity contribution in [1.29, 1.82) is 0 Å². The third-order valence-electron chi connectivity index (χ3n) is 6.46. The Hall–Kier alpha value is -2.43. The van der Waals surface area contributed by atoms with Crippen LogP contribution >= 0.6 is 0 Å². The van der Waals surface area contributed by atoms with E-state index in [1.54, 1.807) is 24.3 Å². The van der Waals surface area contributed by atoms with E-state index < -0.39 is 10.1 Å². The summed E-state index contributed by atoms with van der Waals surface area (Å²) in [6.07, 6.45) is 1.78. The molecule has 0 aliphatic heterocycles. The van der Waals surface area contributed by atoms with E-state index in [0.717, 1.165) is 18.4 Å². The lowest BCUT2D eigenvalue weighted by molar-refractivity contribution is 0.247. The Morgan fingerprint density at radius 3 is 1.97 bits per heavy atom. The molecular formula is C25H24O3S. The molecule has 0 aromatic heterocycles. The van der Waals surface area contributed by atoms with Crippen LogP contribution in [0.2, 0.25) is 0 Å². The van der Waals surface area contributed by atoms with Gasteiger partial charge in [0.2, 0.25) is 0 Å². The molecule has 3 aliphatic rings. The molecule has 3 aliphatic carbocycles. The largest absolute Gasteiger partial charge is 0.296 e. The molecule has 0 heterocycles. The molecule has 4 heteroatoms. The molecule has 3 aromatic carbocycles. The van der Waals surface area contributed by atoms with Gasteiger partial charge in [0.15, 0.2) is 0 Å². The van der Waals surface area contributed by atoms with Gasteiger partial charge in [-0.1, -0.05) is 66.2 Å². The average Bonchev–Trinajstić information content (AvgIpc) is 2.74. The molecule has 3 aromatic rings. The SMILES string of the molecule is Cc1ccc(S(=O)(=O)OCC[C@H]2CC3c4ccccc4C2c2ccccc23)cc1. The van der Waals surface area contributed by atoms with Gasteiger partial charge in [-0.05, 0) is 60.1 Å². The summed E-state index contributed by atoms with van der Waals surface area (Å²) in [6, 6.07) is 24.2. The first-order valence-electron chi connectivity index (χ1n) is 10.2. The maximum Gasteiger partial charge on any atom is 0.296 e. The van der Waals surface area contributed by atoms with Gasteiger partial charge in [-0.2, -0.15) is 8.42 Å². The summed E-state index contributed by atoms with van der Waals surface area (Å²) in [5.41, 5.74) is 6.68. The van der Waals surface area contributed by atoms with Crippen molar-refractivity contribution in [3.05, 3.63) is 101 Å². The highest BCUT2D eigenvalue weighted by atomic mass is 32.2. The summed E-state index contributed by atoms with van der Waals surface area (Å²) >= 11 is 0. The van der Waals surface area contributed by atoms with Crippen LogP contribution in [0.25, 0.3) is 0 Å². The second kappa shape index (κ2) is 7.12. The second-order valence-electron chi connectivity index (χ2n) is 8.16. The maximum absolute atomic E-state index is 12.5. The molecule has 3 nitrogen and oxygen atoms in total. The third-order valence-corrected chi connectivity index (χ3v) is 7.79. The monoisotopic (exact) mass is 404 g/mol. The predicted molar refractivity (Wildman–Crippen MR) is 114 cm³/mol. The van der Waals surface area contributed by atoms with Gasteiger partial charge < -0.3 is 0 Å². The smallest absolute Gasteiger partial charge is 0.266 e. The maximum atomic E-state index is 12.5. The summed E-state index contributed by atoms with van der Waals surface area (Å²) in [4.78, 5) is 0.226. The van der Waals surface area contributed by atoms with Gasteiger partial charge in [0.05, 0.1) is 11.5 Å². The number of benzene rings is 3. The summed E-state index contributed by atoms with van der Waals surface area (Å²) < 4.78 is 30.5. The Kier molecular flexibility index (Phi) is 4.56. The summed E-state index contributed by atoms with van der Waals surface area (Å²) in [5.74, 6) is 1.10. The standard InChI is InChI=1S/C25H24O3S/c1-17-10-12-19(13-11-17)29(26,27)28-15-14-18-16-24-20-6-2-4-8-22(20)25(18)23-9-5-3-7-21(23)24/h2-13,18,24-25H,14-16H2,1H3/t18-,24?,25?/m0/s1. The van der Waals surface area contributed by atoms with Crippen LogP contribution in [0.5, 0.6) is 0 Å². The molecule has 0 spiro atoms. The van der Waals surface area contributed by atoms with E-state index in [2.05, 4.69) is 48.5 Å². The van der Waals surface area contributed by atoms with Crippen LogP contribution < -0.4 is 0 Å². The van der Waals surface area contributed by atoms with Crippen molar-refractivity contribution in [1.82, 2.24) is 0 Å². The minimum atomic E-state index is -3.71. The van der Waals surface area contributed by atoms with E-state index in [-0.39, 0.29) is 11.5 Å². The highest BCUT2D eigenvalue weighted by molar-refractivity contribution is 7.86. The van der Waals surface area contributed by atoms with E-state index in [1.165, 1.54) is 22.3 Å². The fourth-order valence-corrected chi connectivity index (χ4v) is 6.05. The van der Waals surface area contributed by atoms with Crippen LogP contribution in [0.4, 0.5) is 0 Å². The van der Waals surface area contributed by atoms with Crippen molar-refractivity contribution >= 4 is 10.1 Å². The highest BCUT2D eigenvalue weighted by Gasteiger charge is 2.42. The molecule has 0 N–H and O–H groups in total. The fourth-order valence-electron chi connectivity index (χ4n) is 5.13. The molecule has 2 bridgehead atoms. The van der Waals surface area contributed by atoms with Crippen LogP contribution in [-0.4, -0.2) is 15.0 Å². The van der Waals surface area contributed by atoms with Gasteiger partial charge in [-0.25, -0.2) is 0 Å².